The molecule has 2 aromatic carbocycles. The van der Waals surface area contributed by atoms with Gasteiger partial charge in [0.15, 0.2) is 0 Å². The topological polar surface area (TPSA) is 82.7 Å². The van der Waals surface area contributed by atoms with Crippen LogP contribution in [-0.2, 0) is 14.6 Å². The minimum absolute atomic E-state index is 0.155. The molecule has 0 saturated carbocycles. The summed E-state index contributed by atoms with van der Waals surface area (Å²) in [4.78, 5) is 19.7. The van der Waals surface area contributed by atoms with Gasteiger partial charge in [-0.1, -0.05) is 29.8 Å². The highest BCUT2D eigenvalue weighted by Crippen LogP contribution is 2.34. The molecule has 0 atom stereocenters. The first kappa shape index (κ1) is 22.5. The first-order valence-corrected chi connectivity index (χ1v) is 12.3. The van der Waals surface area contributed by atoms with E-state index >= 15 is 0 Å². The number of para-hydroxylation sites is 1. The van der Waals surface area contributed by atoms with Crippen LogP contribution < -0.4 is 4.90 Å². The summed E-state index contributed by atoms with van der Waals surface area (Å²) in [6.07, 6.45) is 1.21. The zero-order valence-electron chi connectivity index (χ0n) is 18.3. The first-order chi connectivity index (χ1) is 15.1. The number of fused-ring (bicyclic) bond motifs is 1. The molecular weight excluding hydrogens is 450 g/mol. The van der Waals surface area contributed by atoms with Crippen LogP contribution in [-0.4, -0.2) is 56.2 Å². The molecule has 1 amide bonds. The van der Waals surface area contributed by atoms with Crippen molar-refractivity contribution in [3.05, 3.63) is 53.7 Å². The van der Waals surface area contributed by atoms with Gasteiger partial charge in [0.1, 0.15) is 5.60 Å². The Hall–Kier alpha value is -2.71. The number of carbonyl (C=O) groups is 1. The first-order valence-electron chi connectivity index (χ1n) is 10.4. The Bertz CT molecular complexity index is 1260. The predicted molar refractivity (Wildman–Crippen MR) is 125 cm³/mol. The maximum atomic E-state index is 13.2. The van der Waals surface area contributed by atoms with E-state index in [0.29, 0.717) is 36.6 Å². The van der Waals surface area contributed by atoms with E-state index in [0.717, 1.165) is 11.2 Å². The number of halogens is 1. The van der Waals surface area contributed by atoms with Crippen LogP contribution in [0.15, 0.2) is 58.5 Å². The Kier molecular flexibility index (Phi) is 5.85. The molecule has 0 aliphatic carbocycles. The minimum atomic E-state index is -3.73. The van der Waals surface area contributed by atoms with E-state index in [2.05, 4.69) is 9.88 Å². The Morgan fingerprint density at radius 1 is 1.06 bits per heavy atom. The van der Waals surface area contributed by atoms with Gasteiger partial charge in [-0.3, -0.25) is 0 Å². The number of carbonyl (C=O) groups excluding carboxylic acids is 1. The summed E-state index contributed by atoms with van der Waals surface area (Å²) in [5, 5.41) is 0.992. The van der Waals surface area contributed by atoms with Crippen molar-refractivity contribution in [1.82, 2.24) is 9.88 Å². The Morgan fingerprint density at radius 3 is 2.41 bits per heavy atom. The highest BCUT2D eigenvalue weighted by molar-refractivity contribution is 7.91. The molecule has 32 heavy (non-hydrogen) atoms. The van der Waals surface area contributed by atoms with Gasteiger partial charge in [-0.25, -0.2) is 13.2 Å². The molecule has 170 valence electrons. The van der Waals surface area contributed by atoms with E-state index in [4.69, 9.17) is 16.3 Å². The molecule has 0 bridgehead atoms. The number of H-pyrrole nitrogens is 1. The smallest absolute Gasteiger partial charge is 0.410 e. The fraction of sp³-hybridized carbons (Fsp3) is 0.348. The molecule has 0 unspecified atom stereocenters. The van der Waals surface area contributed by atoms with E-state index in [9.17, 15) is 13.2 Å². The second kappa shape index (κ2) is 8.33. The number of aromatic amines is 1. The number of piperazine rings is 1. The van der Waals surface area contributed by atoms with Crippen LogP contribution in [0.5, 0.6) is 0 Å². The monoisotopic (exact) mass is 475 g/mol. The molecule has 1 aliphatic heterocycles. The number of ether oxygens (including phenoxy) is 1. The number of amides is 1. The second-order valence-electron chi connectivity index (χ2n) is 8.77. The molecule has 1 aliphatic rings. The quantitative estimate of drug-likeness (QED) is 0.593. The summed E-state index contributed by atoms with van der Waals surface area (Å²) in [5.41, 5.74) is 1.12. The van der Waals surface area contributed by atoms with Crippen LogP contribution in [0.3, 0.4) is 0 Å². The molecule has 3 aromatic rings. The summed E-state index contributed by atoms with van der Waals surface area (Å²) in [6, 6.07) is 11.9. The molecule has 1 fully saturated rings. The third kappa shape index (κ3) is 4.42. The van der Waals surface area contributed by atoms with Crippen LogP contribution >= 0.6 is 11.6 Å². The van der Waals surface area contributed by atoms with E-state index in [1.807, 2.05) is 32.9 Å². The fourth-order valence-electron chi connectivity index (χ4n) is 3.82. The third-order valence-electron chi connectivity index (χ3n) is 5.32. The van der Waals surface area contributed by atoms with Gasteiger partial charge in [-0.2, -0.15) is 0 Å². The largest absolute Gasteiger partial charge is 0.444 e. The molecule has 4 rings (SSSR count). The number of benzene rings is 2. The van der Waals surface area contributed by atoms with Crippen LogP contribution in [0.25, 0.3) is 10.9 Å². The maximum Gasteiger partial charge on any atom is 0.410 e. The Morgan fingerprint density at radius 2 is 1.75 bits per heavy atom. The zero-order chi connectivity index (χ0) is 23.1. The van der Waals surface area contributed by atoms with Crippen molar-refractivity contribution in [3.8, 4) is 0 Å². The highest BCUT2D eigenvalue weighted by Gasteiger charge is 2.28. The number of rotatable bonds is 3. The average Bonchev–Trinajstić information content (AvgIpc) is 3.18. The standard InChI is InChI=1S/C23H26ClN3O4S/c1-23(2,3)31-22(28)27-12-10-26(11-13-27)19-9-5-8-18-20(15-25-21(18)19)32(29,30)17-7-4-6-16(24)14-17/h4-9,14-15,25H,10-13H2,1-3H3. The van der Waals surface area contributed by atoms with E-state index in [-0.39, 0.29) is 15.9 Å². The van der Waals surface area contributed by atoms with Gasteiger partial charge in [0, 0.05) is 42.8 Å². The molecule has 2 heterocycles. The van der Waals surface area contributed by atoms with Crippen molar-refractivity contribution in [2.45, 2.75) is 36.2 Å². The molecule has 1 saturated heterocycles. The number of sulfone groups is 1. The Labute approximate surface area is 192 Å². The van der Waals surface area contributed by atoms with E-state index in [1.165, 1.54) is 12.3 Å². The molecule has 7 nitrogen and oxygen atoms in total. The third-order valence-corrected chi connectivity index (χ3v) is 7.35. The van der Waals surface area contributed by atoms with Crippen molar-refractivity contribution in [2.75, 3.05) is 31.1 Å². The number of hydrogen-bond donors (Lipinski definition) is 1. The van der Waals surface area contributed by atoms with Crippen LogP contribution in [0.2, 0.25) is 5.02 Å². The predicted octanol–water partition coefficient (Wildman–Crippen LogP) is 4.71. The lowest BCUT2D eigenvalue weighted by molar-refractivity contribution is 0.0240. The molecule has 0 radical (unpaired) electrons. The van der Waals surface area contributed by atoms with Crippen molar-refractivity contribution in [1.29, 1.82) is 0 Å². The van der Waals surface area contributed by atoms with Crippen LogP contribution in [0.4, 0.5) is 10.5 Å². The maximum absolute atomic E-state index is 13.2. The van der Waals surface area contributed by atoms with Crippen molar-refractivity contribution >= 4 is 44.1 Å². The molecule has 0 spiro atoms. The number of hydrogen-bond acceptors (Lipinski definition) is 5. The molecule has 1 aromatic heterocycles. The summed E-state index contributed by atoms with van der Waals surface area (Å²) in [7, 11) is -3.73. The number of aromatic nitrogens is 1. The average molecular weight is 476 g/mol. The fourth-order valence-corrected chi connectivity index (χ4v) is 5.54. The van der Waals surface area contributed by atoms with Crippen molar-refractivity contribution < 1.29 is 17.9 Å². The van der Waals surface area contributed by atoms with E-state index in [1.54, 1.807) is 29.2 Å². The van der Waals surface area contributed by atoms with Gasteiger partial charge in [0.25, 0.3) is 0 Å². The molecular formula is C23H26ClN3O4S. The number of anilines is 1. The SMILES string of the molecule is CC(C)(C)OC(=O)N1CCN(c2cccc3c(S(=O)(=O)c4cccc(Cl)c4)c[nH]c23)CC1. The van der Waals surface area contributed by atoms with Gasteiger partial charge in [-0.05, 0) is 45.0 Å². The lowest BCUT2D eigenvalue weighted by atomic mass is 10.2. The number of nitrogens with zero attached hydrogens (tertiary/aromatic N) is 2. The van der Waals surface area contributed by atoms with Gasteiger partial charge in [0.2, 0.25) is 9.84 Å². The molecule has 9 heteroatoms. The minimum Gasteiger partial charge on any atom is -0.444 e. The normalized spacial score (nSPS) is 15.2. The lowest BCUT2D eigenvalue weighted by Gasteiger charge is -2.36. The highest BCUT2D eigenvalue weighted by atomic mass is 35.5. The summed E-state index contributed by atoms with van der Waals surface area (Å²) >= 11 is 6.01. The van der Waals surface area contributed by atoms with Crippen molar-refractivity contribution in [3.63, 3.8) is 0 Å². The van der Waals surface area contributed by atoms with Gasteiger partial charge >= 0.3 is 6.09 Å². The van der Waals surface area contributed by atoms with E-state index < -0.39 is 15.4 Å². The summed E-state index contributed by atoms with van der Waals surface area (Å²) in [6.45, 7) is 7.84. The Balaban J connectivity index is 1.59. The lowest BCUT2D eigenvalue weighted by Crippen LogP contribution is -2.50. The van der Waals surface area contributed by atoms with Gasteiger partial charge in [-0.15, -0.1) is 0 Å². The van der Waals surface area contributed by atoms with Crippen LogP contribution in [0, 0.1) is 0 Å². The number of nitrogens with one attached hydrogen (secondary N) is 1. The second-order valence-corrected chi connectivity index (χ2v) is 11.1. The zero-order valence-corrected chi connectivity index (χ0v) is 19.8. The van der Waals surface area contributed by atoms with Gasteiger partial charge in [0.05, 0.1) is 21.0 Å². The summed E-state index contributed by atoms with van der Waals surface area (Å²) in [5.74, 6) is 0. The van der Waals surface area contributed by atoms with Gasteiger partial charge < -0.3 is 19.5 Å². The van der Waals surface area contributed by atoms with Crippen molar-refractivity contribution in [2.24, 2.45) is 0 Å². The van der Waals surface area contributed by atoms with Crippen LogP contribution in [0.1, 0.15) is 20.8 Å². The molecule has 1 N–H and O–H groups in total. The summed E-state index contributed by atoms with van der Waals surface area (Å²) < 4.78 is 31.9.